The van der Waals surface area contributed by atoms with Crippen LogP contribution in [0.3, 0.4) is 0 Å². The molecule has 2 heterocycles. The van der Waals surface area contributed by atoms with Gasteiger partial charge in [0.2, 0.25) is 0 Å². The van der Waals surface area contributed by atoms with Crippen LogP contribution < -0.4 is 0 Å². The molecule has 0 atom stereocenters. The third-order valence-corrected chi connectivity index (χ3v) is 3.94. The number of carbonyl (C=O) groups is 3. The molecule has 2 amide bonds. The van der Waals surface area contributed by atoms with Crippen molar-refractivity contribution in [1.29, 1.82) is 0 Å². The Morgan fingerprint density at radius 2 is 1.73 bits per heavy atom. The molecule has 15 heavy (non-hydrogen) atoms. The van der Waals surface area contributed by atoms with E-state index in [2.05, 4.69) is 0 Å². The molecule has 2 aliphatic rings. The van der Waals surface area contributed by atoms with Gasteiger partial charge in [-0.3, -0.25) is 14.4 Å². The molecule has 0 aromatic carbocycles. The molecule has 0 spiro atoms. The molecule has 5 nitrogen and oxygen atoms in total. The van der Waals surface area contributed by atoms with Crippen molar-refractivity contribution in [2.75, 3.05) is 30.3 Å². The van der Waals surface area contributed by atoms with Crippen molar-refractivity contribution in [3.8, 4) is 0 Å². The summed E-state index contributed by atoms with van der Waals surface area (Å²) in [5, 5.41) is 2.24. The van der Waals surface area contributed by atoms with E-state index in [4.69, 9.17) is 0 Å². The second kappa shape index (κ2) is 4.44. The number of carbonyl (C=O) groups excluding carboxylic acids is 3. The lowest BCUT2D eigenvalue weighted by Crippen LogP contribution is -2.56. The van der Waals surface area contributed by atoms with Crippen molar-refractivity contribution in [2.24, 2.45) is 0 Å². The van der Waals surface area contributed by atoms with Crippen LogP contribution in [0.25, 0.3) is 0 Å². The summed E-state index contributed by atoms with van der Waals surface area (Å²) < 4.78 is 0. The zero-order valence-electron chi connectivity index (χ0n) is 7.97. The summed E-state index contributed by atoms with van der Waals surface area (Å²) in [6.07, 6.45) is 0. The fourth-order valence-corrected chi connectivity index (χ4v) is 2.94. The standard InChI is InChI=1S/C8H10N2O3S2/c11-6-5-14-3-1-9(6)10-2-4-15-8(13)7(10)12/h1-5H2. The van der Waals surface area contributed by atoms with Crippen molar-refractivity contribution < 1.29 is 14.4 Å². The Morgan fingerprint density at radius 3 is 2.47 bits per heavy atom. The van der Waals surface area contributed by atoms with Crippen molar-refractivity contribution in [3.05, 3.63) is 0 Å². The molecule has 0 aliphatic carbocycles. The normalized spacial score (nSPS) is 23.6. The third-order valence-electron chi connectivity index (χ3n) is 2.20. The molecule has 0 bridgehead atoms. The van der Waals surface area contributed by atoms with Gasteiger partial charge in [-0.2, -0.15) is 11.8 Å². The van der Waals surface area contributed by atoms with Gasteiger partial charge < -0.3 is 0 Å². The third kappa shape index (κ3) is 2.12. The SMILES string of the molecule is O=C1SCCN(N2CCSCC2=O)C1=O. The van der Waals surface area contributed by atoms with Crippen LogP contribution in [0.5, 0.6) is 0 Å². The summed E-state index contributed by atoms with van der Waals surface area (Å²) in [5.41, 5.74) is 0. The smallest absolute Gasteiger partial charge is 0.276 e. The lowest BCUT2D eigenvalue weighted by Gasteiger charge is -2.37. The molecule has 0 unspecified atom stereocenters. The van der Waals surface area contributed by atoms with Gasteiger partial charge in [-0.15, -0.1) is 0 Å². The molecule has 2 saturated heterocycles. The first-order chi connectivity index (χ1) is 7.20. The van der Waals surface area contributed by atoms with Gasteiger partial charge in [-0.25, -0.2) is 10.0 Å². The number of rotatable bonds is 1. The quantitative estimate of drug-likeness (QED) is 0.588. The minimum atomic E-state index is -0.563. The Morgan fingerprint density at radius 1 is 1.00 bits per heavy atom. The molecule has 82 valence electrons. The predicted octanol–water partition coefficient (Wildman–Crippen LogP) is -0.421. The molecule has 2 rings (SSSR count). The first-order valence-corrected chi connectivity index (χ1v) is 6.71. The van der Waals surface area contributed by atoms with E-state index in [9.17, 15) is 14.4 Å². The Balaban J connectivity index is 2.11. The van der Waals surface area contributed by atoms with Crippen LogP contribution in [0, 0.1) is 0 Å². The van der Waals surface area contributed by atoms with Crippen molar-refractivity contribution in [1.82, 2.24) is 10.0 Å². The fraction of sp³-hybridized carbons (Fsp3) is 0.625. The van der Waals surface area contributed by atoms with Gasteiger partial charge in [0.1, 0.15) is 0 Å². The van der Waals surface area contributed by atoms with E-state index in [-0.39, 0.29) is 5.91 Å². The van der Waals surface area contributed by atoms with E-state index >= 15 is 0 Å². The van der Waals surface area contributed by atoms with Crippen LogP contribution in [0.1, 0.15) is 0 Å². The molecule has 7 heteroatoms. The van der Waals surface area contributed by atoms with E-state index < -0.39 is 11.0 Å². The van der Waals surface area contributed by atoms with Gasteiger partial charge in [0.15, 0.2) is 0 Å². The average molecular weight is 246 g/mol. The number of nitrogens with zero attached hydrogens (tertiary/aromatic N) is 2. The Hall–Kier alpha value is -0.690. The van der Waals surface area contributed by atoms with Crippen LogP contribution in [0.15, 0.2) is 0 Å². The van der Waals surface area contributed by atoms with Crippen molar-refractivity contribution in [3.63, 3.8) is 0 Å². The van der Waals surface area contributed by atoms with Crippen LogP contribution in [-0.4, -0.2) is 57.3 Å². The van der Waals surface area contributed by atoms with E-state index in [1.165, 1.54) is 10.0 Å². The molecule has 2 aliphatic heterocycles. The first-order valence-electron chi connectivity index (χ1n) is 4.57. The van der Waals surface area contributed by atoms with Gasteiger partial charge in [0.25, 0.3) is 11.0 Å². The van der Waals surface area contributed by atoms with Gasteiger partial charge in [-0.1, -0.05) is 11.8 Å². The minimum Gasteiger partial charge on any atom is -0.276 e. The van der Waals surface area contributed by atoms with Gasteiger partial charge in [0.05, 0.1) is 18.8 Å². The molecule has 0 aromatic heterocycles. The first kappa shape index (κ1) is 10.8. The van der Waals surface area contributed by atoms with Gasteiger partial charge >= 0.3 is 5.91 Å². The average Bonchev–Trinajstić information content (AvgIpc) is 2.23. The molecule has 0 saturated carbocycles. The number of hydrogen-bond acceptors (Lipinski definition) is 5. The lowest BCUT2D eigenvalue weighted by molar-refractivity contribution is -0.163. The summed E-state index contributed by atoms with van der Waals surface area (Å²) in [6.45, 7) is 0.971. The highest BCUT2D eigenvalue weighted by atomic mass is 32.2. The Bertz CT molecular complexity index is 321. The molecular formula is C8H10N2O3S2. The molecule has 0 radical (unpaired) electrons. The maximum atomic E-state index is 11.5. The Labute approximate surface area is 95.5 Å². The molecular weight excluding hydrogens is 236 g/mol. The van der Waals surface area contributed by atoms with Crippen LogP contribution in [0.4, 0.5) is 0 Å². The lowest BCUT2D eigenvalue weighted by atomic mass is 10.5. The summed E-state index contributed by atoms with van der Waals surface area (Å²) in [7, 11) is 0. The second-order valence-corrected chi connectivity index (χ2v) is 5.31. The van der Waals surface area contributed by atoms with Gasteiger partial charge in [0, 0.05) is 11.5 Å². The highest BCUT2D eigenvalue weighted by molar-refractivity contribution is 8.15. The largest absolute Gasteiger partial charge is 0.319 e. The van der Waals surface area contributed by atoms with E-state index in [0.717, 1.165) is 17.5 Å². The van der Waals surface area contributed by atoms with Crippen molar-refractivity contribution in [2.45, 2.75) is 0 Å². The van der Waals surface area contributed by atoms with Crippen molar-refractivity contribution >= 4 is 40.5 Å². The summed E-state index contributed by atoms with van der Waals surface area (Å²) in [5.74, 6) is 1.13. The van der Waals surface area contributed by atoms with Crippen LogP contribution in [0.2, 0.25) is 0 Å². The summed E-state index contributed by atoms with van der Waals surface area (Å²) in [4.78, 5) is 34.2. The zero-order chi connectivity index (χ0) is 10.8. The maximum Gasteiger partial charge on any atom is 0.319 e. The predicted molar refractivity (Wildman–Crippen MR) is 58.2 cm³/mol. The number of hydrazine groups is 1. The summed E-state index contributed by atoms with van der Waals surface area (Å²) in [6, 6.07) is 0. The van der Waals surface area contributed by atoms with E-state index in [1.54, 1.807) is 11.8 Å². The highest BCUT2D eigenvalue weighted by Gasteiger charge is 2.34. The van der Waals surface area contributed by atoms with E-state index in [0.29, 0.717) is 24.6 Å². The molecule has 0 N–H and O–H groups in total. The summed E-state index contributed by atoms with van der Waals surface area (Å²) >= 11 is 2.58. The maximum absolute atomic E-state index is 11.5. The Kier molecular flexibility index (Phi) is 3.20. The topological polar surface area (TPSA) is 57.7 Å². The molecule has 0 aromatic rings. The molecule has 2 fully saturated rings. The van der Waals surface area contributed by atoms with Crippen LogP contribution >= 0.6 is 23.5 Å². The minimum absolute atomic E-state index is 0.0840. The second-order valence-electron chi connectivity index (χ2n) is 3.13. The van der Waals surface area contributed by atoms with E-state index in [1.807, 2.05) is 0 Å². The number of amides is 2. The highest BCUT2D eigenvalue weighted by Crippen LogP contribution is 2.19. The zero-order valence-corrected chi connectivity index (χ0v) is 9.60. The van der Waals surface area contributed by atoms with Gasteiger partial charge in [-0.05, 0) is 0 Å². The number of thioether (sulfide) groups is 2. The van der Waals surface area contributed by atoms with Crippen LogP contribution in [-0.2, 0) is 14.4 Å². The monoisotopic (exact) mass is 246 g/mol. The fourth-order valence-electron chi connectivity index (χ4n) is 1.49. The number of hydrogen-bond donors (Lipinski definition) is 0.